The highest BCUT2D eigenvalue weighted by atomic mass is 32.2. The highest BCUT2D eigenvalue weighted by Crippen LogP contribution is 2.45. The van der Waals surface area contributed by atoms with Crippen molar-refractivity contribution in [2.45, 2.75) is 25.5 Å². The first-order valence-electron chi connectivity index (χ1n) is 11.7. The van der Waals surface area contributed by atoms with E-state index in [1.807, 2.05) is 43.7 Å². The van der Waals surface area contributed by atoms with Gasteiger partial charge in [-0.1, -0.05) is 29.8 Å². The van der Waals surface area contributed by atoms with Crippen LogP contribution in [0.3, 0.4) is 0 Å². The van der Waals surface area contributed by atoms with Crippen LogP contribution >= 0.6 is 0 Å². The molecule has 3 heterocycles. The van der Waals surface area contributed by atoms with E-state index in [2.05, 4.69) is 28.1 Å². The Bertz CT molecular complexity index is 1400. The Balaban J connectivity index is 1.68. The van der Waals surface area contributed by atoms with Crippen LogP contribution in [0.1, 0.15) is 46.6 Å². The van der Waals surface area contributed by atoms with E-state index in [4.69, 9.17) is 4.98 Å². The van der Waals surface area contributed by atoms with Crippen molar-refractivity contribution >= 4 is 21.7 Å². The highest BCUT2D eigenvalue weighted by molar-refractivity contribution is 7.88. The number of benzene rings is 1. The molecule has 0 amide bonds. The molecule has 2 aliphatic rings. The summed E-state index contributed by atoms with van der Waals surface area (Å²) in [5.74, 6) is 0. The fraction of sp³-hybridized carbons (Fsp3) is 0.385. The summed E-state index contributed by atoms with van der Waals surface area (Å²) < 4.78 is 27.6. The summed E-state index contributed by atoms with van der Waals surface area (Å²) in [7, 11) is -1.35. The third-order valence-corrected chi connectivity index (χ3v) is 8.47. The number of aryl methyl sites for hydroxylation is 2. The van der Waals surface area contributed by atoms with Gasteiger partial charge in [0.15, 0.2) is 0 Å². The van der Waals surface area contributed by atoms with Crippen molar-refractivity contribution in [1.82, 2.24) is 23.7 Å². The number of hydrogen-bond donors (Lipinski definition) is 1. The summed E-state index contributed by atoms with van der Waals surface area (Å²) in [6, 6.07) is 10.1. The van der Waals surface area contributed by atoms with Gasteiger partial charge in [-0.25, -0.2) is 13.4 Å². The predicted octanol–water partition coefficient (Wildman–Crippen LogP) is 2.55. The molecule has 1 saturated heterocycles. The van der Waals surface area contributed by atoms with Crippen LogP contribution in [0, 0.1) is 6.92 Å². The molecule has 8 nitrogen and oxygen atoms in total. The van der Waals surface area contributed by atoms with Crippen LogP contribution in [0.2, 0.25) is 0 Å². The number of sulfonamides is 1. The molecule has 0 unspecified atom stereocenters. The zero-order valence-electron chi connectivity index (χ0n) is 20.5. The molecule has 5 rings (SSSR count). The molecule has 184 valence electrons. The Morgan fingerprint density at radius 3 is 2.54 bits per heavy atom. The Labute approximate surface area is 206 Å². The second-order valence-corrected chi connectivity index (χ2v) is 11.7. The maximum Gasteiger partial charge on any atom is 0.211 e. The Kier molecular flexibility index (Phi) is 5.91. The number of aliphatic hydroxyl groups is 1. The second-order valence-electron chi connectivity index (χ2n) is 9.69. The van der Waals surface area contributed by atoms with E-state index >= 15 is 0 Å². The summed E-state index contributed by atoms with van der Waals surface area (Å²) in [5.41, 5.74) is 5.13. The molecule has 1 aliphatic carbocycles. The minimum Gasteiger partial charge on any atom is -0.379 e. The van der Waals surface area contributed by atoms with Gasteiger partial charge in [-0.15, -0.1) is 0 Å². The van der Waals surface area contributed by atoms with Gasteiger partial charge in [0.1, 0.15) is 5.60 Å². The summed E-state index contributed by atoms with van der Waals surface area (Å²) in [6.07, 6.45) is 8.50. The van der Waals surface area contributed by atoms with E-state index in [0.717, 1.165) is 33.5 Å². The minimum atomic E-state index is -3.23. The first-order valence-corrected chi connectivity index (χ1v) is 13.6. The van der Waals surface area contributed by atoms with Gasteiger partial charge in [-0.2, -0.15) is 4.31 Å². The molecule has 2 atom stereocenters. The molecule has 9 heteroatoms. The number of fused-ring (bicyclic) bond motifs is 2. The number of pyridine rings is 1. The second kappa shape index (κ2) is 8.67. The van der Waals surface area contributed by atoms with E-state index < -0.39 is 15.6 Å². The molecule has 1 aliphatic heterocycles. The van der Waals surface area contributed by atoms with Crippen LogP contribution in [0.4, 0.5) is 0 Å². The average Bonchev–Trinajstić information content (AvgIpc) is 3.19. The molecule has 2 aromatic heterocycles. The van der Waals surface area contributed by atoms with Gasteiger partial charge in [-0.3, -0.25) is 9.88 Å². The van der Waals surface area contributed by atoms with Crippen molar-refractivity contribution in [2.24, 2.45) is 7.05 Å². The van der Waals surface area contributed by atoms with Gasteiger partial charge in [0.2, 0.25) is 10.0 Å². The Morgan fingerprint density at radius 1 is 1.14 bits per heavy atom. The number of aromatic nitrogens is 3. The molecule has 0 radical (unpaired) electrons. The average molecular weight is 494 g/mol. The van der Waals surface area contributed by atoms with Crippen LogP contribution in [-0.4, -0.2) is 69.7 Å². The van der Waals surface area contributed by atoms with Crippen molar-refractivity contribution in [3.63, 3.8) is 0 Å². The van der Waals surface area contributed by atoms with Crippen molar-refractivity contribution in [3.8, 4) is 0 Å². The SMILES string of the molecule is Cc1ccc2c(c1)C([C@](C)(O)c1cncn1C)=Cc1cccnc1[C@H]2N1CCN(S(C)(=O)=O)CC1. The molecular weight excluding hydrogens is 462 g/mol. The first-order chi connectivity index (χ1) is 16.6. The van der Waals surface area contributed by atoms with Gasteiger partial charge in [0.05, 0.1) is 36.2 Å². The lowest BCUT2D eigenvalue weighted by Crippen LogP contribution is -2.49. The molecule has 1 fully saturated rings. The van der Waals surface area contributed by atoms with Crippen molar-refractivity contribution in [1.29, 1.82) is 0 Å². The van der Waals surface area contributed by atoms with Crippen molar-refractivity contribution < 1.29 is 13.5 Å². The first kappa shape index (κ1) is 23.9. The summed E-state index contributed by atoms with van der Waals surface area (Å²) >= 11 is 0. The monoisotopic (exact) mass is 493 g/mol. The van der Waals surface area contributed by atoms with E-state index in [1.165, 1.54) is 10.6 Å². The lowest BCUT2D eigenvalue weighted by molar-refractivity contribution is 0.114. The third kappa shape index (κ3) is 4.23. The topological polar surface area (TPSA) is 91.6 Å². The van der Waals surface area contributed by atoms with Gasteiger partial charge in [0, 0.05) is 39.4 Å². The zero-order valence-corrected chi connectivity index (χ0v) is 21.3. The Morgan fingerprint density at radius 2 is 1.89 bits per heavy atom. The molecule has 3 aromatic rings. The minimum absolute atomic E-state index is 0.167. The van der Waals surface area contributed by atoms with Gasteiger partial charge in [0.25, 0.3) is 0 Å². The molecule has 0 spiro atoms. The number of imidazole rings is 1. The lowest BCUT2D eigenvalue weighted by atomic mass is 9.83. The van der Waals surface area contributed by atoms with Gasteiger partial charge in [-0.05, 0) is 48.3 Å². The quantitative estimate of drug-likeness (QED) is 0.601. The van der Waals surface area contributed by atoms with Gasteiger partial charge >= 0.3 is 0 Å². The van der Waals surface area contributed by atoms with Crippen molar-refractivity contribution in [2.75, 3.05) is 32.4 Å². The number of piperazine rings is 1. The largest absolute Gasteiger partial charge is 0.379 e. The molecule has 0 saturated carbocycles. The molecular formula is C26H31N5O3S. The van der Waals surface area contributed by atoms with E-state index in [9.17, 15) is 13.5 Å². The van der Waals surface area contributed by atoms with E-state index in [0.29, 0.717) is 31.9 Å². The van der Waals surface area contributed by atoms with Crippen LogP contribution < -0.4 is 0 Å². The fourth-order valence-electron chi connectivity index (χ4n) is 5.33. The predicted molar refractivity (Wildman–Crippen MR) is 136 cm³/mol. The number of hydrogen-bond acceptors (Lipinski definition) is 6. The third-order valence-electron chi connectivity index (χ3n) is 7.17. The fourth-order valence-corrected chi connectivity index (χ4v) is 6.16. The maximum absolute atomic E-state index is 12.1. The molecule has 1 N–H and O–H groups in total. The van der Waals surface area contributed by atoms with Crippen LogP contribution in [0.25, 0.3) is 11.6 Å². The Hall–Kier alpha value is -2.85. The normalized spacial score (nSPS) is 20.9. The summed E-state index contributed by atoms with van der Waals surface area (Å²) in [4.78, 5) is 11.3. The smallest absolute Gasteiger partial charge is 0.211 e. The summed E-state index contributed by atoms with van der Waals surface area (Å²) in [5, 5.41) is 12.0. The molecule has 1 aromatic carbocycles. The van der Waals surface area contributed by atoms with E-state index in [-0.39, 0.29) is 6.04 Å². The van der Waals surface area contributed by atoms with Crippen molar-refractivity contribution in [3.05, 3.63) is 82.7 Å². The standard InChI is InChI=1S/C26H31N5O3S/c1-18-7-8-20-21(14-18)22(26(2,32)23-16-27-17-29(23)3)15-19-6-5-9-28-24(19)25(20)30-10-12-31(13-11-30)35(4,33)34/h5-9,14-17,25,32H,10-13H2,1-4H3/t25-,26-/m0/s1. The number of rotatable bonds is 4. The van der Waals surface area contributed by atoms with E-state index in [1.54, 1.807) is 18.7 Å². The molecule has 0 bridgehead atoms. The number of nitrogens with zero attached hydrogens (tertiary/aromatic N) is 5. The molecule has 35 heavy (non-hydrogen) atoms. The van der Waals surface area contributed by atoms with Crippen LogP contribution in [0.5, 0.6) is 0 Å². The lowest BCUT2D eigenvalue weighted by Gasteiger charge is -2.39. The van der Waals surface area contributed by atoms with Crippen LogP contribution in [-0.2, 0) is 22.7 Å². The maximum atomic E-state index is 12.1. The summed E-state index contributed by atoms with van der Waals surface area (Å²) in [6.45, 7) is 5.91. The zero-order chi connectivity index (χ0) is 25.0. The van der Waals surface area contributed by atoms with Crippen LogP contribution in [0.15, 0.2) is 49.1 Å². The highest BCUT2D eigenvalue weighted by Gasteiger charge is 2.39. The van der Waals surface area contributed by atoms with Gasteiger partial charge < -0.3 is 9.67 Å².